The van der Waals surface area contributed by atoms with Crippen LogP contribution in [0.25, 0.3) is 0 Å². The highest BCUT2D eigenvalue weighted by atomic mass is 16.2. The van der Waals surface area contributed by atoms with Gasteiger partial charge in [-0.3, -0.25) is 14.4 Å². The van der Waals surface area contributed by atoms with Crippen molar-refractivity contribution in [1.29, 1.82) is 0 Å². The van der Waals surface area contributed by atoms with Crippen LogP contribution in [0.4, 0.5) is 0 Å². The molecule has 16 heavy (non-hydrogen) atoms. The lowest BCUT2D eigenvalue weighted by Gasteiger charge is -2.16. The molecule has 6 heteroatoms. The first-order chi connectivity index (χ1) is 7.51. The molecule has 0 spiro atoms. The monoisotopic (exact) mass is 229 g/mol. The van der Waals surface area contributed by atoms with Gasteiger partial charge in [0.05, 0.1) is 0 Å². The van der Waals surface area contributed by atoms with Crippen molar-refractivity contribution in [1.82, 2.24) is 10.6 Å². The normalized spacial score (nSPS) is 11.7. The Morgan fingerprint density at radius 2 is 1.94 bits per heavy atom. The van der Waals surface area contributed by atoms with Gasteiger partial charge in [0.15, 0.2) is 0 Å². The van der Waals surface area contributed by atoms with Gasteiger partial charge in [-0.1, -0.05) is 6.92 Å². The Morgan fingerprint density at radius 1 is 1.31 bits per heavy atom. The molecule has 4 N–H and O–H groups in total. The lowest BCUT2D eigenvalue weighted by Crippen LogP contribution is -2.48. The van der Waals surface area contributed by atoms with Gasteiger partial charge < -0.3 is 16.4 Å². The molecule has 1 unspecified atom stereocenters. The number of nitrogens with two attached hydrogens (primary N) is 1. The number of ketones is 1. The largest absolute Gasteiger partial charge is 0.353 e. The van der Waals surface area contributed by atoms with Crippen LogP contribution >= 0.6 is 0 Å². The van der Waals surface area contributed by atoms with Crippen LogP contribution in [0.2, 0.25) is 0 Å². The Kier molecular flexibility index (Phi) is 7.11. The zero-order valence-corrected chi connectivity index (χ0v) is 9.71. The van der Waals surface area contributed by atoms with E-state index in [1.165, 1.54) is 6.92 Å². The molecule has 0 rings (SSSR count). The first-order valence-electron chi connectivity index (χ1n) is 5.27. The molecule has 0 aromatic carbocycles. The van der Waals surface area contributed by atoms with Crippen molar-refractivity contribution in [2.24, 2.45) is 5.73 Å². The minimum Gasteiger partial charge on any atom is -0.353 e. The van der Waals surface area contributed by atoms with Gasteiger partial charge in [0.1, 0.15) is 11.8 Å². The molecule has 0 aromatic rings. The Hall–Kier alpha value is -1.43. The summed E-state index contributed by atoms with van der Waals surface area (Å²) in [4.78, 5) is 33.7. The second kappa shape index (κ2) is 7.81. The molecule has 0 bridgehead atoms. The molecular formula is C10H19N3O3. The predicted molar refractivity (Wildman–Crippen MR) is 59.6 cm³/mol. The van der Waals surface area contributed by atoms with Crippen LogP contribution in [-0.4, -0.2) is 36.7 Å². The molecule has 92 valence electrons. The van der Waals surface area contributed by atoms with Gasteiger partial charge in [0, 0.05) is 25.9 Å². The molecule has 0 aliphatic carbocycles. The summed E-state index contributed by atoms with van der Waals surface area (Å²) in [7, 11) is 0. The fourth-order valence-electron chi connectivity index (χ4n) is 1.11. The highest BCUT2D eigenvalue weighted by Crippen LogP contribution is 1.95. The number of carbonyl (C=O) groups is 3. The van der Waals surface area contributed by atoms with Crippen LogP contribution in [0.3, 0.4) is 0 Å². The van der Waals surface area contributed by atoms with Crippen molar-refractivity contribution >= 4 is 17.6 Å². The molecule has 0 radical (unpaired) electrons. The van der Waals surface area contributed by atoms with E-state index in [1.54, 1.807) is 6.92 Å². The fraction of sp³-hybridized carbons (Fsp3) is 0.700. The van der Waals surface area contributed by atoms with Crippen molar-refractivity contribution in [2.45, 2.75) is 32.7 Å². The van der Waals surface area contributed by atoms with Gasteiger partial charge in [-0.15, -0.1) is 0 Å². The third-order valence-corrected chi connectivity index (χ3v) is 1.91. The van der Waals surface area contributed by atoms with Crippen molar-refractivity contribution in [3.63, 3.8) is 0 Å². The number of carbonyl (C=O) groups excluding carboxylic acids is 3. The topological polar surface area (TPSA) is 101 Å². The van der Waals surface area contributed by atoms with Crippen molar-refractivity contribution < 1.29 is 14.4 Å². The van der Waals surface area contributed by atoms with Crippen LogP contribution in [0.15, 0.2) is 0 Å². The van der Waals surface area contributed by atoms with Crippen molar-refractivity contribution in [3.8, 4) is 0 Å². The third-order valence-electron chi connectivity index (χ3n) is 1.91. The average molecular weight is 229 g/mol. The first-order valence-corrected chi connectivity index (χ1v) is 5.27. The van der Waals surface area contributed by atoms with E-state index in [0.717, 1.165) is 0 Å². The molecule has 0 aliphatic heterocycles. The summed E-state index contributed by atoms with van der Waals surface area (Å²) in [5.74, 6) is -0.777. The number of hydrogen-bond acceptors (Lipinski definition) is 4. The van der Waals surface area contributed by atoms with E-state index in [0.29, 0.717) is 13.1 Å². The Labute approximate surface area is 94.9 Å². The van der Waals surface area contributed by atoms with Gasteiger partial charge in [-0.2, -0.15) is 0 Å². The number of Topliss-reactive ketones (excluding diaryl/α,β-unsaturated/α-hetero) is 1. The van der Waals surface area contributed by atoms with E-state index in [4.69, 9.17) is 5.73 Å². The molecule has 1 atom stereocenters. The maximum Gasteiger partial charge on any atom is 0.243 e. The third kappa shape index (κ3) is 6.13. The van der Waals surface area contributed by atoms with Crippen LogP contribution in [0, 0.1) is 0 Å². The van der Waals surface area contributed by atoms with E-state index in [-0.39, 0.29) is 30.4 Å². The molecular weight excluding hydrogens is 210 g/mol. The summed E-state index contributed by atoms with van der Waals surface area (Å²) in [5.41, 5.74) is 5.24. The van der Waals surface area contributed by atoms with E-state index >= 15 is 0 Å². The van der Waals surface area contributed by atoms with Crippen molar-refractivity contribution in [3.05, 3.63) is 0 Å². The summed E-state index contributed by atoms with van der Waals surface area (Å²) in [6.07, 6.45) is 0.278. The lowest BCUT2D eigenvalue weighted by atomic mass is 10.1. The summed E-state index contributed by atoms with van der Waals surface area (Å²) in [6.45, 7) is 3.70. The van der Waals surface area contributed by atoms with Gasteiger partial charge in [0.2, 0.25) is 11.8 Å². The van der Waals surface area contributed by atoms with Crippen LogP contribution in [0.5, 0.6) is 0 Å². The minimum atomic E-state index is -0.795. The standard InChI is InChI=1S/C10H19N3O3/c1-3-9(15)13-8(6-7(2)14)10(16)12-5-4-11/h8H,3-6,11H2,1-2H3,(H,12,16)(H,13,15). The van der Waals surface area contributed by atoms with Gasteiger partial charge in [-0.05, 0) is 6.92 Å². The predicted octanol–water partition coefficient (Wildman–Crippen LogP) is -1.06. The Bertz CT molecular complexity index is 266. The molecule has 0 saturated heterocycles. The second-order valence-electron chi connectivity index (χ2n) is 3.46. The zero-order chi connectivity index (χ0) is 12.6. The Balaban J connectivity index is 4.34. The SMILES string of the molecule is CCC(=O)NC(CC(C)=O)C(=O)NCCN. The van der Waals surface area contributed by atoms with Gasteiger partial charge in [0.25, 0.3) is 0 Å². The smallest absolute Gasteiger partial charge is 0.243 e. The highest BCUT2D eigenvalue weighted by molar-refractivity contribution is 5.91. The quantitative estimate of drug-likeness (QED) is 0.517. The van der Waals surface area contributed by atoms with Crippen LogP contribution in [0.1, 0.15) is 26.7 Å². The molecule has 0 saturated carbocycles. The molecule has 0 aromatic heterocycles. The maximum atomic E-state index is 11.6. The molecule has 0 heterocycles. The average Bonchev–Trinajstić information content (AvgIpc) is 2.24. The minimum absolute atomic E-state index is 0.00213. The summed E-state index contributed by atoms with van der Waals surface area (Å²) < 4.78 is 0. The van der Waals surface area contributed by atoms with Gasteiger partial charge in [-0.25, -0.2) is 0 Å². The second-order valence-corrected chi connectivity index (χ2v) is 3.46. The van der Waals surface area contributed by atoms with E-state index in [2.05, 4.69) is 10.6 Å². The van der Waals surface area contributed by atoms with Crippen LogP contribution in [-0.2, 0) is 14.4 Å². The lowest BCUT2D eigenvalue weighted by molar-refractivity contribution is -0.130. The molecule has 0 aliphatic rings. The van der Waals surface area contributed by atoms with Crippen molar-refractivity contribution in [2.75, 3.05) is 13.1 Å². The molecule has 0 fully saturated rings. The number of hydrogen-bond donors (Lipinski definition) is 3. The van der Waals surface area contributed by atoms with E-state index in [1.807, 2.05) is 0 Å². The number of amides is 2. The molecule has 2 amide bonds. The van der Waals surface area contributed by atoms with E-state index < -0.39 is 6.04 Å². The number of nitrogens with one attached hydrogen (secondary N) is 2. The fourth-order valence-corrected chi connectivity index (χ4v) is 1.11. The maximum absolute atomic E-state index is 11.6. The summed E-state index contributed by atoms with van der Waals surface area (Å²) in [6, 6.07) is -0.795. The van der Waals surface area contributed by atoms with Crippen LogP contribution < -0.4 is 16.4 Å². The molecule has 6 nitrogen and oxygen atoms in total. The highest BCUT2D eigenvalue weighted by Gasteiger charge is 2.21. The zero-order valence-electron chi connectivity index (χ0n) is 9.71. The first kappa shape index (κ1) is 14.6. The summed E-state index contributed by atoms with van der Waals surface area (Å²) >= 11 is 0. The Morgan fingerprint density at radius 3 is 2.38 bits per heavy atom. The van der Waals surface area contributed by atoms with E-state index in [9.17, 15) is 14.4 Å². The number of rotatable bonds is 7. The van der Waals surface area contributed by atoms with Gasteiger partial charge >= 0.3 is 0 Å². The summed E-state index contributed by atoms with van der Waals surface area (Å²) in [5, 5.41) is 5.03.